The van der Waals surface area contributed by atoms with Crippen molar-refractivity contribution in [2.45, 2.75) is 84.3 Å². The highest BCUT2D eigenvalue weighted by Gasteiger charge is 2.67. The lowest BCUT2D eigenvalue weighted by molar-refractivity contribution is -0.165. The molecule has 3 fully saturated rings. The molecule has 3 saturated carbocycles. The van der Waals surface area contributed by atoms with Gasteiger partial charge in [0.15, 0.2) is 5.78 Å². The number of carbonyl (C=O) groups excluding carboxylic acids is 1. The lowest BCUT2D eigenvalue weighted by Crippen LogP contribution is -2.58. The third kappa shape index (κ3) is 2.09. The molecule has 0 heterocycles. The number of carbonyl (C=O) groups is 1. The largest absolute Gasteiger partial charge is 0.393 e. The molecular weight excluding hydrogens is 312 g/mol. The standard InChI is InChI=1S/C22H34O3/c1-13-11-19-17-6-5-15-12-16(24)7-9-20(15,3)18(17)8-10-21(19,4)22(13,25)14(2)23/h5,13,16-19,24-25H,6-12H2,1-4H3/t13-,16?,17?,18?,19?,20?,21?,22+/m1/s1. The summed E-state index contributed by atoms with van der Waals surface area (Å²) < 4.78 is 0. The Kier molecular flexibility index (Phi) is 3.84. The van der Waals surface area contributed by atoms with Crippen LogP contribution in [-0.2, 0) is 4.79 Å². The second-order valence-electron chi connectivity index (χ2n) is 10.1. The maximum absolute atomic E-state index is 12.4. The van der Waals surface area contributed by atoms with Gasteiger partial charge in [-0.1, -0.05) is 32.4 Å². The summed E-state index contributed by atoms with van der Waals surface area (Å²) in [6.45, 7) is 8.26. The Morgan fingerprint density at radius 3 is 2.60 bits per heavy atom. The van der Waals surface area contributed by atoms with Crippen molar-refractivity contribution in [2.24, 2.45) is 34.5 Å². The van der Waals surface area contributed by atoms with Gasteiger partial charge in [-0.2, -0.15) is 0 Å². The lowest BCUT2D eigenvalue weighted by atomic mass is 9.46. The van der Waals surface area contributed by atoms with Crippen LogP contribution in [-0.4, -0.2) is 27.7 Å². The van der Waals surface area contributed by atoms with Crippen molar-refractivity contribution in [3.63, 3.8) is 0 Å². The monoisotopic (exact) mass is 346 g/mol. The number of aliphatic hydroxyl groups excluding tert-OH is 1. The van der Waals surface area contributed by atoms with Crippen molar-refractivity contribution in [1.29, 1.82) is 0 Å². The van der Waals surface area contributed by atoms with Crippen LogP contribution in [0.1, 0.15) is 72.6 Å². The zero-order valence-electron chi connectivity index (χ0n) is 16.2. The van der Waals surface area contributed by atoms with Crippen LogP contribution in [0.15, 0.2) is 11.6 Å². The molecule has 0 aromatic rings. The predicted octanol–water partition coefficient (Wildman–Crippen LogP) is 3.88. The Morgan fingerprint density at radius 1 is 1.20 bits per heavy atom. The number of fused-ring (bicyclic) bond motifs is 5. The summed E-state index contributed by atoms with van der Waals surface area (Å²) in [5, 5.41) is 21.5. The Morgan fingerprint density at radius 2 is 1.92 bits per heavy atom. The number of rotatable bonds is 1. The topological polar surface area (TPSA) is 57.5 Å². The summed E-state index contributed by atoms with van der Waals surface area (Å²) in [5.74, 6) is 1.64. The lowest BCUT2D eigenvalue weighted by Gasteiger charge is -2.58. The molecule has 0 aromatic heterocycles. The molecule has 0 amide bonds. The summed E-state index contributed by atoms with van der Waals surface area (Å²) in [4.78, 5) is 12.4. The molecule has 6 unspecified atom stereocenters. The van der Waals surface area contributed by atoms with Gasteiger partial charge in [-0.25, -0.2) is 0 Å². The van der Waals surface area contributed by atoms with E-state index in [1.165, 1.54) is 5.57 Å². The van der Waals surface area contributed by atoms with Gasteiger partial charge in [0.25, 0.3) is 0 Å². The molecule has 140 valence electrons. The molecule has 0 spiro atoms. The molecule has 0 aromatic carbocycles. The third-order valence-corrected chi connectivity index (χ3v) is 9.20. The zero-order chi connectivity index (χ0) is 18.2. The van der Waals surface area contributed by atoms with Gasteiger partial charge in [0.2, 0.25) is 0 Å². The molecular formula is C22H34O3. The molecule has 2 N–H and O–H groups in total. The van der Waals surface area contributed by atoms with Gasteiger partial charge in [-0.05, 0) is 81.0 Å². The SMILES string of the molecule is CC(=O)[C@@]1(O)[C@H](C)CC2C3CC=C4CC(O)CCC4(C)C3CCC21C. The van der Waals surface area contributed by atoms with Gasteiger partial charge in [-0.15, -0.1) is 0 Å². The number of aliphatic hydroxyl groups is 2. The highest BCUT2D eigenvalue weighted by atomic mass is 16.3. The molecule has 0 aliphatic heterocycles. The van der Waals surface area contributed by atoms with E-state index < -0.39 is 5.60 Å². The van der Waals surface area contributed by atoms with Crippen molar-refractivity contribution >= 4 is 5.78 Å². The summed E-state index contributed by atoms with van der Waals surface area (Å²) in [6.07, 6.45) is 9.15. The molecule has 4 aliphatic carbocycles. The first-order valence-electron chi connectivity index (χ1n) is 10.3. The summed E-state index contributed by atoms with van der Waals surface area (Å²) >= 11 is 0. The van der Waals surface area contributed by atoms with E-state index in [2.05, 4.69) is 26.8 Å². The Bertz CT molecular complexity index is 625. The second kappa shape index (κ2) is 5.42. The fourth-order valence-electron chi connectivity index (χ4n) is 7.73. The number of ketones is 1. The Balaban J connectivity index is 1.72. The minimum absolute atomic E-state index is 0.0394. The van der Waals surface area contributed by atoms with Crippen molar-refractivity contribution in [3.05, 3.63) is 11.6 Å². The highest BCUT2D eigenvalue weighted by molar-refractivity contribution is 5.86. The second-order valence-corrected chi connectivity index (χ2v) is 10.1. The van der Waals surface area contributed by atoms with E-state index in [-0.39, 0.29) is 28.6 Å². The number of Topliss-reactive ketones (excluding diaryl/α,β-unsaturated/α-hetero) is 1. The van der Waals surface area contributed by atoms with Crippen LogP contribution in [0.25, 0.3) is 0 Å². The predicted molar refractivity (Wildman–Crippen MR) is 97.9 cm³/mol. The Hall–Kier alpha value is -0.670. The smallest absolute Gasteiger partial charge is 0.162 e. The molecule has 8 atom stereocenters. The van der Waals surface area contributed by atoms with Gasteiger partial charge in [-0.3, -0.25) is 4.79 Å². The van der Waals surface area contributed by atoms with Gasteiger partial charge in [0.1, 0.15) is 5.60 Å². The van der Waals surface area contributed by atoms with Crippen molar-refractivity contribution in [3.8, 4) is 0 Å². The summed E-state index contributed by atoms with van der Waals surface area (Å²) in [6, 6.07) is 0. The first kappa shape index (κ1) is 17.7. The number of hydrogen-bond acceptors (Lipinski definition) is 3. The van der Waals surface area contributed by atoms with Gasteiger partial charge in [0, 0.05) is 5.41 Å². The fourth-order valence-corrected chi connectivity index (χ4v) is 7.73. The van der Waals surface area contributed by atoms with Crippen LogP contribution in [0.2, 0.25) is 0 Å². The summed E-state index contributed by atoms with van der Waals surface area (Å²) in [5.41, 5.74) is 0.249. The van der Waals surface area contributed by atoms with Crippen LogP contribution in [0.3, 0.4) is 0 Å². The van der Waals surface area contributed by atoms with E-state index in [1.807, 2.05) is 0 Å². The molecule has 4 aliphatic rings. The van der Waals surface area contributed by atoms with E-state index in [1.54, 1.807) is 6.92 Å². The van der Waals surface area contributed by atoms with E-state index in [9.17, 15) is 15.0 Å². The molecule has 0 saturated heterocycles. The van der Waals surface area contributed by atoms with Crippen LogP contribution < -0.4 is 0 Å². The number of allylic oxidation sites excluding steroid dienone is 1. The van der Waals surface area contributed by atoms with Crippen LogP contribution in [0.4, 0.5) is 0 Å². The van der Waals surface area contributed by atoms with Crippen molar-refractivity contribution < 1.29 is 15.0 Å². The van der Waals surface area contributed by atoms with E-state index in [0.717, 1.165) is 44.9 Å². The van der Waals surface area contributed by atoms with Crippen LogP contribution in [0, 0.1) is 34.5 Å². The minimum atomic E-state index is -1.16. The molecule has 3 heteroatoms. The molecule has 0 bridgehead atoms. The van der Waals surface area contributed by atoms with E-state index >= 15 is 0 Å². The zero-order valence-corrected chi connectivity index (χ0v) is 16.2. The first-order chi connectivity index (χ1) is 11.6. The highest BCUT2D eigenvalue weighted by Crippen LogP contribution is 2.68. The quantitative estimate of drug-likeness (QED) is 0.709. The average molecular weight is 347 g/mol. The minimum Gasteiger partial charge on any atom is -0.393 e. The van der Waals surface area contributed by atoms with Gasteiger partial charge in [0.05, 0.1) is 6.10 Å². The Labute approximate surface area is 151 Å². The molecule has 25 heavy (non-hydrogen) atoms. The van der Waals surface area contributed by atoms with Crippen molar-refractivity contribution in [1.82, 2.24) is 0 Å². The summed E-state index contributed by atoms with van der Waals surface area (Å²) in [7, 11) is 0. The van der Waals surface area contributed by atoms with E-state index in [4.69, 9.17) is 0 Å². The maximum Gasteiger partial charge on any atom is 0.162 e. The average Bonchev–Trinajstić information content (AvgIpc) is 2.77. The molecule has 3 nitrogen and oxygen atoms in total. The third-order valence-electron chi connectivity index (χ3n) is 9.20. The van der Waals surface area contributed by atoms with Gasteiger partial charge >= 0.3 is 0 Å². The van der Waals surface area contributed by atoms with Crippen LogP contribution >= 0.6 is 0 Å². The molecule has 4 rings (SSSR count). The first-order valence-corrected chi connectivity index (χ1v) is 10.3. The van der Waals surface area contributed by atoms with Crippen molar-refractivity contribution in [2.75, 3.05) is 0 Å². The van der Waals surface area contributed by atoms with E-state index in [0.29, 0.717) is 17.8 Å². The van der Waals surface area contributed by atoms with Crippen LogP contribution in [0.5, 0.6) is 0 Å². The normalized spacial score (nSPS) is 55.0. The maximum atomic E-state index is 12.4. The van der Waals surface area contributed by atoms with Gasteiger partial charge < -0.3 is 10.2 Å². The fraction of sp³-hybridized carbons (Fsp3) is 0.864. The number of hydrogen-bond donors (Lipinski definition) is 2. The molecule has 0 radical (unpaired) electrons.